The first kappa shape index (κ1) is 18.5. The van der Waals surface area contributed by atoms with Gasteiger partial charge in [0.25, 0.3) is 0 Å². The van der Waals surface area contributed by atoms with Crippen LogP contribution in [0.4, 0.5) is 0 Å². The van der Waals surface area contributed by atoms with Crippen molar-refractivity contribution in [3.05, 3.63) is 51.7 Å². The number of aliphatic carboxylic acids is 1. The zero-order chi connectivity index (χ0) is 19.8. The molecule has 1 aliphatic heterocycles. The third-order valence-corrected chi connectivity index (χ3v) is 6.67. The molecule has 6 nitrogen and oxygen atoms in total. The van der Waals surface area contributed by atoms with E-state index in [0.29, 0.717) is 6.54 Å². The van der Waals surface area contributed by atoms with Gasteiger partial charge in [0.05, 0.1) is 17.8 Å². The number of aromatic amines is 1. The van der Waals surface area contributed by atoms with E-state index in [1.807, 2.05) is 0 Å². The molecule has 0 unspecified atom stereocenters. The predicted molar refractivity (Wildman–Crippen MR) is 114 cm³/mol. The summed E-state index contributed by atoms with van der Waals surface area (Å²) in [6.45, 7) is 5.42. The van der Waals surface area contributed by atoms with Crippen LogP contribution in [0.3, 0.4) is 0 Å². The van der Waals surface area contributed by atoms with E-state index in [-0.39, 0.29) is 6.42 Å². The van der Waals surface area contributed by atoms with Crippen molar-refractivity contribution < 1.29 is 9.90 Å². The smallest absolute Gasteiger partial charge is 0.304 e. The topological polar surface area (TPSA) is 72.5 Å². The molecule has 0 spiro atoms. The number of benzene rings is 1. The molecule has 7 heteroatoms. The summed E-state index contributed by atoms with van der Waals surface area (Å²) in [5.41, 5.74) is 8.73. The fourth-order valence-electron chi connectivity index (χ4n) is 4.38. The van der Waals surface area contributed by atoms with Crippen LogP contribution >= 0.6 is 11.3 Å². The minimum Gasteiger partial charge on any atom is -0.481 e. The van der Waals surface area contributed by atoms with E-state index in [2.05, 4.69) is 55.0 Å². The number of carboxylic acids is 1. The second kappa shape index (κ2) is 7.74. The summed E-state index contributed by atoms with van der Waals surface area (Å²) in [7, 11) is 0. The largest absolute Gasteiger partial charge is 0.481 e. The molecule has 0 bridgehead atoms. The molecule has 3 heterocycles. The lowest BCUT2D eigenvalue weighted by Crippen LogP contribution is -2.46. The normalized spacial score (nSPS) is 16.7. The van der Waals surface area contributed by atoms with E-state index < -0.39 is 5.97 Å². The molecule has 2 aliphatic rings. The number of aromatic nitrogens is 2. The van der Waals surface area contributed by atoms with Gasteiger partial charge in [0.15, 0.2) is 0 Å². The Morgan fingerprint density at radius 1 is 1.17 bits per heavy atom. The summed E-state index contributed by atoms with van der Waals surface area (Å²) in [4.78, 5) is 15.5. The van der Waals surface area contributed by atoms with Gasteiger partial charge < -0.3 is 10.0 Å². The minimum atomic E-state index is -0.717. The molecule has 3 aromatic rings. The highest BCUT2D eigenvalue weighted by atomic mass is 32.1. The molecule has 0 saturated carbocycles. The Bertz CT molecular complexity index is 1020. The van der Waals surface area contributed by atoms with E-state index in [4.69, 9.17) is 5.11 Å². The lowest BCUT2D eigenvalue weighted by atomic mass is 10.0. The molecule has 2 aromatic heterocycles. The molecular formula is C22H24N4O2S. The minimum absolute atomic E-state index is 0.227. The van der Waals surface area contributed by atoms with Crippen molar-refractivity contribution in [3.8, 4) is 22.5 Å². The molecule has 2 N–H and O–H groups in total. The molecule has 5 rings (SSSR count). The third kappa shape index (κ3) is 3.73. The zero-order valence-corrected chi connectivity index (χ0v) is 17.0. The molecule has 0 radical (unpaired) electrons. The Kier molecular flexibility index (Phi) is 4.95. The van der Waals surface area contributed by atoms with Crippen molar-refractivity contribution in [1.29, 1.82) is 0 Å². The number of thiophene rings is 1. The molecule has 0 atom stereocenters. The third-order valence-electron chi connectivity index (χ3n) is 5.99. The Balaban J connectivity index is 1.27. The number of carbonyl (C=O) groups is 1. The van der Waals surface area contributed by atoms with E-state index in [1.54, 1.807) is 11.3 Å². The van der Waals surface area contributed by atoms with Gasteiger partial charge in [-0.15, -0.1) is 0 Å². The van der Waals surface area contributed by atoms with Gasteiger partial charge in [-0.3, -0.25) is 14.8 Å². The summed E-state index contributed by atoms with van der Waals surface area (Å²) >= 11 is 1.70. The average Bonchev–Trinajstić information content (AvgIpc) is 3.44. The average molecular weight is 409 g/mol. The first-order valence-corrected chi connectivity index (χ1v) is 11.0. The highest BCUT2D eigenvalue weighted by Gasteiger charge is 2.26. The van der Waals surface area contributed by atoms with E-state index >= 15 is 0 Å². The number of piperazine rings is 1. The highest BCUT2D eigenvalue weighted by Crippen LogP contribution is 2.40. The Morgan fingerprint density at radius 3 is 2.76 bits per heavy atom. The van der Waals surface area contributed by atoms with Crippen LogP contribution in [0.1, 0.15) is 23.1 Å². The van der Waals surface area contributed by atoms with Gasteiger partial charge in [-0.2, -0.15) is 16.4 Å². The molecule has 1 aliphatic carbocycles. The standard InChI is InChI=1S/C22H24N4O2S/c27-20(28)3-5-25-6-8-26(9-7-25)13-15-1-2-16-12-19-21(17-4-10-29-14-17)23-24-22(19)18(16)11-15/h1-2,4,10-11,14H,3,5-9,12-13H2,(H,23,24)(H,27,28). The van der Waals surface area contributed by atoms with Crippen LogP contribution in [0.15, 0.2) is 35.0 Å². The summed E-state index contributed by atoms with van der Waals surface area (Å²) in [5.74, 6) is -0.717. The number of fused-ring (bicyclic) bond motifs is 3. The van der Waals surface area contributed by atoms with Crippen LogP contribution in [-0.2, 0) is 17.8 Å². The lowest BCUT2D eigenvalue weighted by molar-refractivity contribution is -0.137. The molecule has 0 amide bonds. The monoisotopic (exact) mass is 408 g/mol. The fourth-order valence-corrected chi connectivity index (χ4v) is 5.02. The van der Waals surface area contributed by atoms with Crippen LogP contribution in [0.2, 0.25) is 0 Å². The summed E-state index contributed by atoms with van der Waals surface area (Å²) in [6, 6.07) is 8.96. The van der Waals surface area contributed by atoms with Gasteiger partial charge in [-0.05, 0) is 28.6 Å². The van der Waals surface area contributed by atoms with Crippen LogP contribution in [0.25, 0.3) is 22.5 Å². The maximum atomic E-state index is 10.8. The lowest BCUT2D eigenvalue weighted by Gasteiger charge is -2.34. The predicted octanol–water partition coefficient (Wildman–Crippen LogP) is 3.30. The molecular weight excluding hydrogens is 384 g/mol. The van der Waals surface area contributed by atoms with Crippen molar-refractivity contribution in [1.82, 2.24) is 20.0 Å². The molecule has 1 aromatic carbocycles. The van der Waals surface area contributed by atoms with Gasteiger partial charge in [-0.1, -0.05) is 12.1 Å². The molecule has 150 valence electrons. The number of rotatable bonds is 6. The number of H-pyrrole nitrogens is 1. The maximum Gasteiger partial charge on any atom is 0.304 e. The molecule has 29 heavy (non-hydrogen) atoms. The van der Waals surface area contributed by atoms with Crippen molar-refractivity contribution in [2.45, 2.75) is 19.4 Å². The highest BCUT2D eigenvalue weighted by molar-refractivity contribution is 7.08. The summed E-state index contributed by atoms with van der Waals surface area (Å²) < 4.78 is 0. The number of hydrogen-bond acceptors (Lipinski definition) is 5. The van der Waals surface area contributed by atoms with Crippen molar-refractivity contribution in [3.63, 3.8) is 0 Å². The maximum absolute atomic E-state index is 10.8. The van der Waals surface area contributed by atoms with Crippen molar-refractivity contribution in [2.75, 3.05) is 32.7 Å². The Labute approximate surface area is 173 Å². The van der Waals surface area contributed by atoms with Crippen LogP contribution in [0, 0.1) is 0 Å². The van der Waals surface area contributed by atoms with E-state index in [9.17, 15) is 4.79 Å². The molecule has 1 saturated heterocycles. The number of hydrogen-bond donors (Lipinski definition) is 2. The SMILES string of the molecule is O=C(O)CCN1CCN(Cc2ccc3c(c2)-c2[nH]nc(-c4ccsc4)c2C3)CC1. The van der Waals surface area contributed by atoms with E-state index in [0.717, 1.165) is 44.8 Å². The second-order valence-corrected chi connectivity index (χ2v) is 8.65. The van der Waals surface area contributed by atoms with E-state index in [1.165, 1.54) is 33.5 Å². The van der Waals surface area contributed by atoms with Crippen molar-refractivity contribution >= 4 is 17.3 Å². The zero-order valence-electron chi connectivity index (χ0n) is 16.2. The first-order valence-electron chi connectivity index (χ1n) is 10.1. The van der Waals surface area contributed by atoms with Crippen LogP contribution in [-0.4, -0.2) is 63.8 Å². The Morgan fingerprint density at radius 2 is 2.00 bits per heavy atom. The van der Waals surface area contributed by atoms with Gasteiger partial charge in [0.2, 0.25) is 0 Å². The van der Waals surface area contributed by atoms with Crippen molar-refractivity contribution in [2.24, 2.45) is 0 Å². The van der Waals surface area contributed by atoms with Crippen LogP contribution < -0.4 is 0 Å². The summed E-state index contributed by atoms with van der Waals surface area (Å²) in [6.07, 6.45) is 1.17. The summed E-state index contributed by atoms with van der Waals surface area (Å²) in [5, 5.41) is 21.0. The number of carboxylic acid groups (broad SMARTS) is 1. The van der Waals surface area contributed by atoms with Gasteiger partial charge in [0.1, 0.15) is 0 Å². The van der Waals surface area contributed by atoms with Gasteiger partial charge in [-0.25, -0.2) is 0 Å². The Hall–Kier alpha value is -2.48. The van der Waals surface area contributed by atoms with Gasteiger partial charge in [0, 0.05) is 67.8 Å². The molecule has 1 fully saturated rings. The fraction of sp³-hybridized carbons (Fsp3) is 0.364. The first-order chi connectivity index (χ1) is 14.2. The van der Waals surface area contributed by atoms with Crippen LogP contribution in [0.5, 0.6) is 0 Å². The van der Waals surface area contributed by atoms with Gasteiger partial charge >= 0.3 is 5.97 Å². The second-order valence-electron chi connectivity index (χ2n) is 7.87. The number of nitrogens with one attached hydrogen (secondary N) is 1. The quantitative estimate of drug-likeness (QED) is 0.512. The number of nitrogens with zero attached hydrogens (tertiary/aromatic N) is 3.